The van der Waals surface area contributed by atoms with Gasteiger partial charge in [-0.25, -0.2) is 9.78 Å². The molecule has 0 saturated carbocycles. The molecule has 37 heavy (non-hydrogen) atoms. The lowest BCUT2D eigenvalue weighted by molar-refractivity contribution is -0.150. The zero-order valence-electron chi connectivity index (χ0n) is 20.6. The summed E-state index contributed by atoms with van der Waals surface area (Å²) >= 11 is 1.40. The largest absolute Gasteiger partial charge is 0.469 e. The number of rotatable bonds is 4. The van der Waals surface area contributed by atoms with E-state index in [-0.39, 0.29) is 0 Å². The third-order valence-electron chi connectivity index (χ3n) is 6.62. The van der Waals surface area contributed by atoms with Crippen LogP contribution in [0.15, 0.2) is 71.4 Å². The molecular weight excluding hydrogens is 505 g/mol. The summed E-state index contributed by atoms with van der Waals surface area (Å²) in [6, 6.07) is 13.8. The first-order valence-electron chi connectivity index (χ1n) is 11.3. The summed E-state index contributed by atoms with van der Waals surface area (Å²) in [5.74, 6) is -2.17. The van der Waals surface area contributed by atoms with Gasteiger partial charge >= 0.3 is 18.1 Å². The van der Waals surface area contributed by atoms with Crippen LogP contribution < -0.4 is 5.32 Å². The van der Waals surface area contributed by atoms with Gasteiger partial charge in [0.25, 0.3) is 0 Å². The highest BCUT2D eigenvalue weighted by molar-refractivity contribution is 7.09. The minimum atomic E-state index is -4.17. The number of hydrogen-bond acceptors (Lipinski definition) is 7. The predicted octanol–water partition coefficient (Wildman–Crippen LogP) is 5.67. The SMILES string of the molecule is COC(=O)C1=C(C)NC(C)(c2ccccc2)C(C(=O)OC)C1c1nccs1.FC(F)(F)c1ccc2cc1-2. The van der Waals surface area contributed by atoms with E-state index in [4.69, 9.17) is 9.47 Å². The molecule has 0 radical (unpaired) electrons. The summed E-state index contributed by atoms with van der Waals surface area (Å²) in [7, 11) is 2.69. The smallest absolute Gasteiger partial charge is 0.417 e. The van der Waals surface area contributed by atoms with Gasteiger partial charge in [-0.15, -0.1) is 11.3 Å². The average Bonchev–Trinajstić information content (AvgIpc) is 3.24. The van der Waals surface area contributed by atoms with Gasteiger partial charge in [0.15, 0.2) is 0 Å². The number of benzene rings is 2. The van der Waals surface area contributed by atoms with E-state index >= 15 is 0 Å². The molecule has 2 aromatic rings. The Balaban J connectivity index is 0.000000265. The molecule has 1 aromatic carbocycles. The molecule has 0 saturated heterocycles. The van der Waals surface area contributed by atoms with Crippen LogP contribution in [0, 0.1) is 5.92 Å². The highest BCUT2D eigenvalue weighted by atomic mass is 32.1. The van der Waals surface area contributed by atoms with Gasteiger partial charge in [0, 0.05) is 17.3 Å². The van der Waals surface area contributed by atoms with Crippen LogP contribution in [-0.4, -0.2) is 31.1 Å². The van der Waals surface area contributed by atoms with Gasteiger partial charge < -0.3 is 14.8 Å². The van der Waals surface area contributed by atoms with Crippen molar-refractivity contribution in [1.82, 2.24) is 10.3 Å². The molecule has 5 rings (SSSR count). The Morgan fingerprint density at radius 1 is 1.08 bits per heavy atom. The number of ether oxygens (including phenoxy) is 2. The Bertz CT molecular complexity index is 1340. The standard InChI is InChI=1S/C20H22N2O4S.C7H3F3/c1-12-14(18(23)25-3)15(17-21-10-11-27-17)16(19(24)26-4)20(2,22-12)13-8-6-5-7-9-13;8-7(9,10)6-2-1-4-3-5(4)6/h5-11,15-16,22H,1-4H3;1-3H. The van der Waals surface area contributed by atoms with Crippen LogP contribution >= 0.6 is 11.3 Å². The Kier molecular flexibility index (Phi) is 7.14. The number of esters is 2. The number of carbonyl (C=O) groups excluding carboxylic acids is 2. The lowest BCUT2D eigenvalue weighted by Crippen LogP contribution is -2.55. The van der Waals surface area contributed by atoms with Crippen molar-refractivity contribution in [2.75, 3.05) is 14.2 Å². The molecule has 6 nitrogen and oxygen atoms in total. The number of nitrogens with zero attached hydrogens (tertiary/aromatic N) is 1. The molecule has 3 aliphatic rings. The molecule has 1 aliphatic heterocycles. The number of nitrogens with one attached hydrogen (secondary N) is 1. The second-order valence-electron chi connectivity index (χ2n) is 8.83. The number of halogens is 3. The van der Waals surface area contributed by atoms with E-state index in [1.807, 2.05) is 49.6 Å². The van der Waals surface area contributed by atoms with Gasteiger partial charge in [-0.2, -0.15) is 13.2 Å². The first-order valence-corrected chi connectivity index (χ1v) is 12.2. The molecule has 2 heterocycles. The fourth-order valence-electron chi connectivity index (χ4n) is 4.85. The van der Waals surface area contributed by atoms with Gasteiger partial charge in [0.05, 0.1) is 42.7 Å². The van der Waals surface area contributed by atoms with E-state index in [0.29, 0.717) is 21.8 Å². The molecule has 194 valence electrons. The topological polar surface area (TPSA) is 77.5 Å². The van der Waals surface area contributed by atoms with E-state index < -0.39 is 41.1 Å². The molecule has 0 bridgehead atoms. The molecule has 1 aromatic heterocycles. The first kappa shape index (κ1) is 26.4. The number of methoxy groups -OCH3 is 2. The summed E-state index contributed by atoms with van der Waals surface area (Å²) in [6.07, 6.45) is -2.50. The van der Waals surface area contributed by atoms with E-state index in [0.717, 1.165) is 17.2 Å². The second-order valence-corrected chi connectivity index (χ2v) is 9.76. The third kappa shape index (κ3) is 4.98. The van der Waals surface area contributed by atoms with Crippen molar-refractivity contribution in [2.24, 2.45) is 5.92 Å². The number of allylic oxidation sites excluding steroid dienone is 1. The van der Waals surface area contributed by atoms with E-state index in [1.54, 1.807) is 6.20 Å². The fraction of sp³-hybridized carbons (Fsp3) is 0.296. The zero-order valence-corrected chi connectivity index (χ0v) is 21.4. The molecule has 3 atom stereocenters. The molecule has 0 spiro atoms. The Labute approximate surface area is 216 Å². The van der Waals surface area contributed by atoms with Gasteiger partial charge in [0.1, 0.15) is 5.01 Å². The average molecular weight is 531 g/mol. The van der Waals surface area contributed by atoms with Crippen LogP contribution in [0.25, 0.3) is 11.1 Å². The predicted molar refractivity (Wildman–Crippen MR) is 132 cm³/mol. The highest BCUT2D eigenvalue weighted by Gasteiger charge is 2.53. The maximum Gasteiger partial charge on any atom is 0.417 e. The molecule has 10 heteroatoms. The molecule has 0 fully saturated rings. The zero-order chi connectivity index (χ0) is 27.0. The van der Waals surface area contributed by atoms with Crippen LogP contribution in [0.1, 0.15) is 35.9 Å². The minimum Gasteiger partial charge on any atom is -0.469 e. The third-order valence-corrected chi connectivity index (χ3v) is 7.48. The maximum atomic E-state index is 13.0. The monoisotopic (exact) mass is 530 g/mol. The molecular formula is C27H25F3N2O4S. The normalized spacial score (nSPS) is 21.8. The van der Waals surface area contributed by atoms with Crippen molar-refractivity contribution in [3.63, 3.8) is 0 Å². The van der Waals surface area contributed by atoms with Crippen molar-refractivity contribution in [1.29, 1.82) is 0 Å². The quantitative estimate of drug-likeness (QED) is 0.343. The van der Waals surface area contributed by atoms with Gasteiger partial charge in [-0.1, -0.05) is 36.4 Å². The number of hydrogen-bond donors (Lipinski definition) is 1. The minimum absolute atomic E-state index is 0.368. The van der Waals surface area contributed by atoms with Gasteiger partial charge in [0.2, 0.25) is 0 Å². The lowest BCUT2D eigenvalue weighted by Gasteiger charge is -2.46. The summed E-state index contributed by atoms with van der Waals surface area (Å²) in [5.41, 5.74) is 1.80. The number of fused-ring (bicyclic) bond motifs is 1. The summed E-state index contributed by atoms with van der Waals surface area (Å²) in [6.45, 7) is 3.77. The second kappa shape index (κ2) is 10.0. The van der Waals surface area contributed by atoms with Crippen molar-refractivity contribution < 1.29 is 32.2 Å². The Hall–Kier alpha value is -3.66. The summed E-state index contributed by atoms with van der Waals surface area (Å²) in [4.78, 5) is 30.0. The summed E-state index contributed by atoms with van der Waals surface area (Å²) in [5, 5.41) is 5.89. The van der Waals surface area contributed by atoms with Gasteiger partial charge in [-0.3, -0.25) is 4.79 Å². The molecule has 2 aliphatic carbocycles. The Morgan fingerprint density at radius 2 is 1.78 bits per heavy atom. The van der Waals surface area contributed by atoms with Crippen LogP contribution in [0.5, 0.6) is 0 Å². The number of carbonyl (C=O) groups is 2. The van der Waals surface area contributed by atoms with Crippen molar-refractivity contribution in [3.05, 3.63) is 87.5 Å². The summed E-state index contributed by atoms with van der Waals surface area (Å²) < 4.78 is 45.9. The van der Waals surface area contributed by atoms with Gasteiger partial charge in [-0.05, 0) is 42.7 Å². The highest BCUT2D eigenvalue weighted by Crippen LogP contribution is 2.49. The maximum absolute atomic E-state index is 13.0. The van der Waals surface area contributed by atoms with Crippen LogP contribution in [0.4, 0.5) is 13.2 Å². The number of thiazole rings is 1. The van der Waals surface area contributed by atoms with E-state index in [1.165, 1.54) is 37.7 Å². The molecule has 1 N–H and O–H groups in total. The lowest BCUT2D eigenvalue weighted by atomic mass is 9.67. The molecule has 0 amide bonds. The van der Waals surface area contributed by atoms with Crippen LogP contribution in [0.2, 0.25) is 0 Å². The number of alkyl halides is 3. The van der Waals surface area contributed by atoms with E-state index in [9.17, 15) is 22.8 Å². The fourth-order valence-corrected chi connectivity index (χ4v) is 5.63. The van der Waals surface area contributed by atoms with Crippen molar-refractivity contribution in [3.8, 4) is 11.1 Å². The Morgan fingerprint density at radius 3 is 2.24 bits per heavy atom. The van der Waals surface area contributed by atoms with Crippen molar-refractivity contribution in [2.45, 2.75) is 31.5 Å². The van der Waals surface area contributed by atoms with Crippen LogP contribution in [-0.2, 0) is 30.8 Å². The molecule has 3 unspecified atom stereocenters. The van der Waals surface area contributed by atoms with Crippen molar-refractivity contribution >= 4 is 23.3 Å². The first-order chi connectivity index (χ1) is 17.5. The van der Waals surface area contributed by atoms with Crippen LogP contribution in [0.3, 0.4) is 0 Å². The number of aromatic nitrogens is 1. The van der Waals surface area contributed by atoms with E-state index in [2.05, 4.69) is 10.3 Å².